The lowest BCUT2D eigenvalue weighted by Gasteiger charge is -2.38. The Balaban J connectivity index is 2.15. The molecule has 1 aliphatic heterocycles. The molecular weight excluding hydrogens is 262 g/mol. The SMILES string of the molecule is CN1CCC(C#N)(NC(=O)C(C)(C)c2ccccc2)CC1. The average molecular weight is 285 g/mol. The molecule has 0 aromatic heterocycles. The van der Waals surface area contributed by atoms with E-state index in [1.807, 2.05) is 51.2 Å². The molecule has 0 spiro atoms. The third-order valence-electron chi connectivity index (χ3n) is 4.47. The summed E-state index contributed by atoms with van der Waals surface area (Å²) in [5, 5.41) is 12.5. The molecule has 1 fully saturated rings. The van der Waals surface area contributed by atoms with Gasteiger partial charge in [0.05, 0.1) is 11.5 Å². The maximum atomic E-state index is 12.7. The van der Waals surface area contributed by atoms with Gasteiger partial charge in [-0.25, -0.2) is 0 Å². The quantitative estimate of drug-likeness (QED) is 0.925. The molecule has 1 saturated heterocycles. The first kappa shape index (κ1) is 15.5. The number of hydrogen-bond acceptors (Lipinski definition) is 3. The molecule has 0 saturated carbocycles. The van der Waals surface area contributed by atoms with E-state index in [0.717, 1.165) is 18.7 Å². The highest BCUT2D eigenvalue weighted by atomic mass is 16.2. The molecule has 1 aliphatic rings. The summed E-state index contributed by atoms with van der Waals surface area (Å²) >= 11 is 0. The van der Waals surface area contributed by atoms with Crippen LogP contribution in [0.2, 0.25) is 0 Å². The molecule has 0 radical (unpaired) electrons. The molecule has 112 valence electrons. The highest BCUT2D eigenvalue weighted by molar-refractivity contribution is 5.88. The fourth-order valence-corrected chi connectivity index (χ4v) is 2.62. The summed E-state index contributed by atoms with van der Waals surface area (Å²) in [7, 11) is 2.04. The van der Waals surface area contributed by atoms with Gasteiger partial charge in [0.1, 0.15) is 5.54 Å². The van der Waals surface area contributed by atoms with Crippen molar-refractivity contribution in [2.24, 2.45) is 0 Å². The van der Waals surface area contributed by atoms with E-state index in [2.05, 4.69) is 16.3 Å². The fraction of sp³-hybridized carbons (Fsp3) is 0.529. The largest absolute Gasteiger partial charge is 0.337 e. The topological polar surface area (TPSA) is 56.1 Å². The van der Waals surface area contributed by atoms with Crippen molar-refractivity contribution in [3.05, 3.63) is 35.9 Å². The van der Waals surface area contributed by atoms with Crippen LogP contribution < -0.4 is 5.32 Å². The van der Waals surface area contributed by atoms with Crippen LogP contribution in [-0.2, 0) is 10.2 Å². The van der Waals surface area contributed by atoms with Crippen LogP contribution in [0.3, 0.4) is 0 Å². The van der Waals surface area contributed by atoms with E-state index >= 15 is 0 Å². The number of carbonyl (C=O) groups is 1. The van der Waals surface area contributed by atoms with Crippen molar-refractivity contribution < 1.29 is 4.79 Å². The number of nitrogens with one attached hydrogen (secondary N) is 1. The Bertz CT molecular complexity index is 537. The van der Waals surface area contributed by atoms with E-state index in [0.29, 0.717) is 12.8 Å². The Morgan fingerprint density at radius 3 is 2.38 bits per heavy atom. The van der Waals surface area contributed by atoms with Crippen molar-refractivity contribution in [1.29, 1.82) is 5.26 Å². The molecule has 0 unspecified atom stereocenters. The number of piperidine rings is 1. The molecule has 0 atom stereocenters. The fourth-order valence-electron chi connectivity index (χ4n) is 2.62. The zero-order chi connectivity index (χ0) is 15.5. The van der Waals surface area contributed by atoms with Gasteiger partial charge < -0.3 is 10.2 Å². The maximum absolute atomic E-state index is 12.7. The molecule has 0 bridgehead atoms. The number of hydrogen-bond donors (Lipinski definition) is 1. The van der Waals surface area contributed by atoms with Crippen LogP contribution >= 0.6 is 0 Å². The van der Waals surface area contributed by atoms with Crippen LogP contribution in [0.4, 0.5) is 0 Å². The normalized spacial score (nSPS) is 18.8. The molecule has 1 amide bonds. The summed E-state index contributed by atoms with van der Waals surface area (Å²) in [5.41, 5.74) is -0.409. The van der Waals surface area contributed by atoms with Gasteiger partial charge in [0.2, 0.25) is 5.91 Å². The van der Waals surface area contributed by atoms with Gasteiger partial charge in [0, 0.05) is 13.1 Å². The van der Waals surface area contributed by atoms with Gasteiger partial charge in [0.15, 0.2) is 0 Å². The minimum Gasteiger partial charge on any atom is -0.337 e. The second-order valence-corrected chi connectivity index (χ2v) is 6.44. The van der Waals surface area contributed by atoms with Gasteiger partial charge in [-0.2, -0.15) is 5.26 Å². The second-order valence-electron chi connectivity index (χ2n) is 6.44. The van der Waals surface area contributed by atoms with Crippen LogP contribution in [0, 0.1) is 11.3 Å². The minimum absolute atomic E-state index is 0.0835. The van der Waals surface area contributed by atoms with Crippen LogP contribution in [0.25, 0.3) is 0 Å². The van der Waals surface area contributed by atoms with Gasteiger partial charge in [0.25, 0.3) is 0 Å². The Morgan fingerprint density at radius 1 is 1.29 bits per heavy atom. The van der Waals surface area contributed by atoms with Crippen molar-refractivity contribution in [2.75, 3.05) is 20.1 Å². The molecule has 4 heteroatoms. The van der Waals surface area contributed by atoms with Gasteiger partial charge >= 0.3 is 0 Å². The highest BCUT2D eigenvalue weighted by Gasteiger charge is 2.39. The zero-order valence-corrected chi connectivity index (χ0v) is 13.0. The molecule has 2 rings (SSSR count). The predicted octanol–water partition coefficient (Wildman–Crippen LogP) is 2.07. The van der Waals surface area contributed by atoms with E-state index in [9.17, 15) is 10.1 Å². The highest BCUT2D eigenvalue weighted by Crippen LogP contribution is 2.27. The molecule has 1 N–H and O–H groups in total. The summed E-state index contributed by atoms with van der Waals surface area (Å²) in [4.78, 5) is 14.9. The van der Waals surface area contributed by atoms with Crippen molar-refractivity contribution in [3.63, 3.8) is 0 Å². The lowest BCUT2D eigenvalue weighted by Crippen LogP contribution is -2.57. The van der Waals surface area contributed by atoms with Crippen molar-refractivity contribution >= 4 is 5.91 Å². The van der Waals surface area contributed by atoms with E-state index in [-0.39, 0.29) is 5.91 Å². The van der Waals surface area contributed by atoms with Gasteiger partial charge in [-0.05, 0) is 39.3 Å². The lowest BCUT2D eigenvalue weighted by molar-refractivity contribution is -0.127. The Labute approximate surface area is 126 Å². The molecule has 1 aromatic carbocycles. The van der Waals surface area contributed by atoms with E-state index in [4.69, 9.17) is 0 Å². The van der Waals surface area contributed by atoms with E-state index < -0.39 is 11.0 Å². The van der Waals surface area contributed by atoms with Gasteiger partial charge in [-0.3, -0.25) is 4.79 Å². The van der Waals surface area contributed by atoms with Crippen LogP contribution in [0.15, 0.2) is 30.3 Å². The first-order valence-corrected chi connectivity index (χ1v) is 7.38. The smallest absolute Gasteiger partial charge is 0.231 e. The molecular formula is C17H23N3O. The summed E-state index contributed by atoms with van der Waals surface area (Å²) in [6, 6.07) is 12.0. The number of likely N-dealkylation sites (tertiary alicyclic amines) is 1. The molecule has 0 aliphatic carbocycles. The first-order chi connectivity index (χ1) is 9.89. The number of benzene rings is 1. The Kier molecular flexibility index (Phi) is 4.34. The van der Waals surface area contributed by atoms with Gasteiger partial charge in [-0.1, -0.05) is 30.3 Å². The number of carbonyl (C=O) groups excluding carboxylic acids is 1. The van der Waals surface area contributed by atoms with Crippen LogP contribution in [0.1, 0.15) is 32.3 Å². The second kappa shape index (κ2) is 5.87. The maximum Gasteiger partial charge on any atom is 0.231 e. The monoisotopic (exact) mass is 285 g/mol. The summed E-state index contributed by atoms with van der Waals surface area (Å²) in [5.74, 6) is -0.0835. The molecule has 21 heavy (non-hydrogen) atoms. The van der Waals surface area contributed by atoms with E-state index in [1.54, 1.807) is 0 Å². The average Bonchev–Trinajstić information content (AvgIpc) is 2.50. The van der Waals surface area contributed by atoms with Crippen molar-refractivity contribution in [1.82, 2.24) is 10.2 Å². The molecule has 1 heterocycles. The number of nitrogens with zero attached hydrogens (tertiary/aromatic N) is 2. The number of amides is 1. The van der Waals surface area contributed by atoms with Crippen LogP contribution in [-0.4, -0.2) is 36.5 Å². The standard InChI is InChI=1S/C17H23N3O/c1-16(2,14-7-5-4-6-8-14)15(21)19-17(13-18)9-11-20(3)12-10-17/h4-8H,9-12H2,1-3H3,(H,19,21). The Morgan fingerprint density at radius 2 is 1.86 bits per heavy atom. The Hall–Kier alpha value is -1.86. The summed E-state index contributed by atoms with van der Waals surface area (Å²) in [6.45, 7) is 5.47. The number of nitriles is 1. The third kappa shape index (κ3) is 3.25. The van der Waals surface area contributed by atoms with Crippen molar-refractivity contribution in [2.45, 2.75) is 37.6 Å². The van der Waals surface area contributed by atoms with E-state index in [1.165, 1.54) is 0 Å². The van der Waals surface area contributed by atoms with Crippen molar-refractivity contribution in [3.8, 4) is 6.07 Å². The zero-order valence-electron chi connectivity index (χ0n) is 13.0. The number of rotatable bonds is 3. The summed E-state index contributed by atoms with van der Waals surface area (Å²) < 4.78 is 0. The van der Waals surface area contributed by atoms with Crippen LogP contribution in [0.5, 0.6) is 0 Å². The summed E-state index contributed by atoms with van der Waals surface area (Å²) in [6.07, 6.45) is 1.35. The lowest BCUT2D eigenvalue weighted by atomic mass is 9.81. The third-order valence-corrected chi connectivity index (χ3v) is 4.47. The minimum atomic E-state index is -0.727. The first-order valence-electron chi connectivity index (χ1n) is 7.38. The molecule has 1 aromatic rings. The predicted molar refractivity (Wildman–Crippen MR) is 82.7 cm³/mol. The molecule has 4 nitrogen and oxygen atoms in total. The van der Waals surface area contributed by atoms with Gasteiger partial charge in [-0.15, -0.1) is 0 Å².